The molecule has 1 aromatic rings. The van der Waals surface area contributed by atoms with Crippen molar-refractivity contribution < 1.29 is 8.42 Å². The molecule has 1 aromatic heterocycles. The quantitative estimate of drug-likeness (QED) is 0.862. The molecule has 0 bridgehead atoms. The van der Waals surface area contributed by atoms with Crippen molar-refractivity contribution in [3.63, 3.8) is 0 Å². The van der Waals surface area contributed by atoms with Crippen molar-refractivity contribution >= 4 is 22.4 Å². The average molecular weight is 295 g/mol. The Balaban J connectivity index is 0.00000162. The van der Waals surface area contributed by atoms with Crippen molar-refractivity contribution in [2.75, 3.05) is 20.1 Å². The van der Waals surface area contributed by atoms with Gasteiger partial charge in [-0.15, -0.1) is 12.4 Å². The van der Waals surface area contributed by atoms with Crippen LogP contribution in [0.1, 0.15) is 12.8 Å². The van der Waals surface area contributed by atoms with Gasteiger partial charge >= 0.3 is 0 Å². The molecule has 18 heavy (non-hydrogen) atoms. The highest BCUT2D eigenvalue weighted by Gasteiger charge is 2.35. The molecule has 0 radical (unpaired) electrons. The molecule has 1 N–H and O–H groups in total. The van der Waals surface area contributed by atoms with E-state index in [1.54, 1.807) is 17.5 Å². The van der Waals surface area contributed by atoms with Gasteiger partial charge in [-0.25, -0.2) is 8.42 Å². The molecular formula is C10H19ClN4O2S. The summed E-state index contributed by atoms with van der Waals surface area (Å²) in [5, 5.41) is 6.96. The third-order valence-corrected chi connectivity index (χ3v) is 4.96. The molecule has 2 heterocycles. The van der Waals surface area contributed by atoms with Gasteiger partial charge in [-0.2, -0.15) is 9.40 Å². The maximum absolute atomic E-state index is 12.4. The van der Waals surface area contributed by atoms with Crippen LogP contribution in [0.2, 0.25) is 0 Å². The Morgan fingerprint density at radius 2 is 2.28 bits per heavy atom. The van der Waals surface area contributed by atoms with Crippen LogP contribution < -0.4 is 5.32 Å². The van der Waals surface area contributed by atoms with E-state index in [0.29, 0.717) is 13.1 Å². The van der Waals surface area contributed by atoms with Gasteiger partial charge < -0.3 is 5.32 Å². The molecule has 1 aliphatic rings. The van der Waals surface area contributed by atoms with Gasteiger partial charge in [0.05, 0.1) is 6.20 Å². The second kappa shape index (κ2) is 6.01. The fourth-order valence-electron chi connectivity index (χ4n) is 2.23. The van der Waals surface area contributed by atoms with Crippen molar-refractivity contribution in [1.82, 2.24) is 19.4 Å². The first-order chi connectivity index (χ1) is 8.05. The lowest BCUT2D eigenvalue weighted by Crippen LogP contribution is -2.40. The summed E-state index contributed by atoms with van der Waals surface area (Å²) >= 11 is 0. The number of hydrogen-bond donors (Lipinski definition) is 1. The molecule has 1 atom stereocenters. The Hall–Kier alpha value is -0.630. The first-order valence-electron chi connectivity index (χ1n) is 5.71. The molecule has 0 spiro atoms. The van der Waals surface area contributed by atoms with E-state index in [1.165, 1.54) is 10.9 Å². The molecular weight excluding hydrogens is 276 g/mol. The lowest BCUT2D eigenvalue weighted by atomic mass is 10.2. The molecule has 0 aliphatic carbocycles. The number of aryl methyl sites for hydroxylation is 1. The molecule has 104 valence electrons. The van der Waals surface area contributed by atoms with Crippen LogP contribution in [0, 0.1) is 0 Å². The van der Waals surface area contributed by atoms with Crippen LogP contribution in [0.3, 0.4) is 0 Å². The lowest BCUT2D eigenvalue weighted by molar-refractivity contribution is 0.379. The number of hydrogen-bond acceptors (Lipinski definition) is 4. The third-order valence-electron chi connectivity index (χ3n) is 3.05. The topological polar surface area (TPSA) is 67.2 Å². The van der Waals surface area contributed by atoms with E-state index in [9.17, 15) is 8.42 Å². The monoisotopic (exact) mass is 294 g/mol. The van der Waals surface area contributed by atoms with E-state index in [2.05, 4.69) is 10.4 Å². The van der Waals surface area contributed by atoms with Crippen LogP contribution >= 0.6 is 12.4 Å². The summed E-state index contributed by atoms with van der Waals surface area (Å²) < 4.78 is 27.8. The Morgan fingerprint density at radius 3 is 2.83 bits per heavy atom. The predicted octanol–water partition coefficient (Wildman–Crippen LogP) is 0.214. The molecule has 2 rings (SSSR count). The Bertz CT molecular complexity index is 488. The van der Waals surface area contributed by atoms with Gasteiger partial charge in [0, 0.05) is 32.4 Å². The molecule has 6 nitrogen and oxygen atoms in total. The molecule has 1 unspecified atom stereocenters. The zero-order valence-electron chi connectivity index (χ0n) is 10.5. The number of nitrogens with one attached hydrogen (secondary N) is 1. The van der Waals surface area contributed by atoms with E-state index < -0.39 is 10.0 Å². The van der Waals surface area contributed by atoms with E-state index in [1.807, 2.05) is 7.05 Å². The summed E-state index contributed by atoms with van der Waals surface area (Å²) in [5.74, 6) is 0. The average Bonchev–Trinajstić information content (AvgIpc) is 2.87. The SMILES string of the molecule is CNCC1CCCN1S(=O)(=O)c1cnn(C)c1.Cl. The Kier molecular flexibility index (Phi) is 5.15. The normalized spacial score (nSPS) is 20.9. The van der Waals surface area contributed by atoms with E-state index in [0.717, 1.165) is 12.8 Å². The Labute approximate surface area is 114 Å². The number of halogens is 1. The highest BCUT2D eigenvalue weighted by molar-refractivity contribution is 7.89. The first-order valence-corrected chi connectivity index (χ1v) is 7.15. The fourth-order valence-corrected chi connectivity index (χ4v) is 3.91. The third kappa shape index (κ3) is 2.85. The van der Waals surface area contributed by atoms with Crippen molar-refractivity contribution in [3.05, 3.63) is 12.4 Å². The van der Waals surface area contributed by atoms with Gasteiger partial charge in [0.1, 0.15) is 4.90 Å². The molecule has 1 saturated heterocycles. The second-order valence-corrected chi connectivity index (χ2v) is 6.21. The largest absolute Gasteiger partial charge is 0.318 e. The highest BCUT2D eigenvalue weighted by atomic mass is 35.5. The van der Waals surface area contributed by atoms with Gasteiger partial charge in [0.2, 0.25) is 10.0 Å². The zero-order chi connectivity index (χ0) is 12.5. The number of likely N-dealkylation sites (N-methyl/N-ethyl adjacent to an activating group) is 1. The van der Waals surface area contributed by atoms with E-state index >= 15 is 0 Å². The molecule has 1 aliphatic heterocycles. The Morgan fingerprint density at radius 1 is 1.56 bits per heavy atom. The summed E-state index contributed by atoms with van der Waals surface area (Å²) in [6, 6.07) is 0.0604. The summed E-state index contributed by atoms with van der Waals surface area (Å²) in [6.45, 7) is 1.29. The number of sulfonamides is 1. The number of aromatic nitrogens is 2. The van der Waals surface area contributed by atoms with Crippen molar-refractivity contribution in [3.8, 4) is 0 Å². The minimum Gasteiger partial charge on any atom is -0.318 e. The summed E-state index contributed by atoms with van der Waals surface area (Å²) in [4.78, 5) is 0.281. The standard InChI is InChI=1S/C10H18N4O2S.ClH/c1-11-6-9-4-3-5-14(9)17(15,16)10-7-12-13(2)8-10;/h7-9,11H,3-6H2,1-2H3;1H. The van der Waals surface area contributed by atoms with Crippen molar-refractivity contribution in [1.29, 1.82) is 0 Å². The van der Waals surface area contributed by atoms with Crippen LogP contribution in [-0.4, -0.2) is 48.7 Å². The van der Waals surface area contributed by atoms with Crippen molar-refractivity contribution in [2.45, 2.75) is 23.8 Å². The molecule has 0 aromatic carbocycles. The van der Waals surface area contributed by atoms with Gasteiger partial charge in [0.25, 0.3) is 0 Å². The minimum atomic E-state index is -3.38. The summed E-state index contributed by atoms with van der Waals surface area (Å²) in [5.41, 5.74) is 0. The number of nitrogens with zero attached hydrogens (tertiary/aromatic N) is 3. The van der Waals surface area contributed by atoms with Gasteiger partial charge in [-0.1, -0.05) is 0 Å². The minimum absolute atomic E-state index is 0. The van der Waals surface area contributed by atoms with E-state index in [-0.39, 0.29) is 23.3 Å². The first kappa shape index (κ1) is 15.4. The van der Waals surface area contributed by atoms with Crippen molar-refractivity contribution in [2.24, 2.45) is 7.05 Å². The summed E-state index contributed by atoms with van der Waals surface area (Å²) in [6.07, 6.45) is 4.79. The second-order valence-electron chi connectivity index (χ2n) is 4.32. The van der Waals surface area contributed by atoms with Gasteiger partial charge in [0.15, 0.2) is 0 Å². The van der Waals surface area contributed by atoms with Crippen LogP contribution in [-0.2, 0) is 17.1 Å². The van der Waals surface area contributed by atoms with Crippen LogP contribution in [0.15, 0.2) is 17.3 Å². The number of rotatable bonds is 4. The molecule has 1 fully saturated rings. The predicted molar refractivity (Wildman–Crippen MR) is 71.3 cm³/mol. The van der Waals surface area contributed by atoms with Gasteiger partial charge in [-0.05, 0) is 19.9 Å². The maximum atomic E-state index is 12.4. The summed E-state index contributed by atoms with van der Waals surface area (Å²) in [7, 11) is 0.178. The molecule has 0 saturated carbocycles. The van der Waals surface area contributed by atoms with Crippen LogP contribution in [0.5, 0.6) is 0 Å². The molecule has 0 amide bonds. The maximum Gasteiger partial charge on any atom is 0.246 e. The van der Waals surface area contributed by atoms with Gasteiger partial charge in [-0.3, -0.25) is 4.68 Å². The smallest absolute Gasteiger partial charge is 0.246 e. The van der Waals surface area contributed by atoms with Crippen LogP contribution in [0.4, 0.5) is 0 Å². The molecule has 8 heteroatoms. The van der Waals surface area contributed by atoms with E-state index in [4.69, 9.17) is 0 Å². The van der Waals surface area contributed by atoms with Crippen LogP contribution in [0.25, 0.3) is 0 Å². The highest BCUT2D eigenvalue weighted by Crippen LogP contribution is 2.25. The fraction of sp³-hybridized carbons (Fsp3) is 0.700. The zero-order valence-corrected chi connectivity index (χ0v) is 12.2. The lowest BCUT2D eigenvalue weighted by Gasteiger charge is -2.22.